The summed E-state index contributed by atoms with van der Waals surface area (Å²) in [5.74, 6) is 5.47. The van der Waals surface area contributed by atoms with Crippen molar-refractivity contribution < 1.29 is 9.53 Å². The Kier molecular flexibility index (Phi) is 7.15. The third kappa shape index (κ3) is 6.01. The number of benzene rings is 2. The van der Waals surface area contributed by atoms with E-state index in [1.165, 1.54) is 0 Å². The minimum absolute atomic E-state index is 0.0773. The lowest BCUT2D eigenvalue weighted by Crippen LogP contribution is -2.07. The van der Waals surface area contributed by atoms with Crippen molar-refractivity contribution in [3.05, 3.63) is 83.1 Å². The van der Waals surface area contributed by atoms with Crippen LogP contribution >= 0.6 is 0 Å². The van der Waals surface area contributed by atoms with Gasteiger partial charge in [-0.2, -0.15) is 0 Å². The molecule has 0 aliphatic carbocycles. The van der Waals surface area contributed by atoms with Gasteiger partial charge in [-0.15, -0.1) is 5.73 Å². The Morgan fingerprint density at radius 1 is 1.04 bits per heavy atom. The summed E-state index contributed by atoms with van der Waals surface area (Å²) in [6, 6.07) is 19.4. The molecule has 0 fully saturated rings. The number of esters is 1. The van der Waals surface area contributed by atoms with E-state index in [-0.39, 0.29) is 12.6 Å². The average Bonchev–Trinajstić information content (AvgIpc) is 2.64. The molecule has 120 valence electrons. The summed E-state index contributed by atoms with van der Waals surface area (Å²) in [5, 5.41) is 0. The van der Waals surface area contributed by atoms with Gasteiger partial charge in [0.05, 0.1) is 5.57 Å². The number of carbonyl (C=O) groups excluding carboxylic acids is 1. The van der Waals surface area contributed by atoms with Gasteiger partial charge in [-0.05, 0) is 30.2 Å². The van der Waals surface area contributed by atoms with E-state index in [4.69, 9.17) is 4.74 Å². The molecule has 0 amide bonds. The molecular formula is C22H20O2. The first-order valence-electron chi connectivity index (χ1n) is 8.01. The zero-order valence-corrected chi connectivity index (χ0v) is 13.8. The second-order valence-electron chi connectivity index (χ2n) is 5.17. The molecule has 0 atom stereocenters. The van der Waals surface area contributed by atoms with Crippen LogP contribution < -0.4 is 0 Å². The molecular weight excluding hydrogens is 296 g/mol. The summed E-state index contributed by atoms with van der Waals surface area (Å²) in [6.45, 7) is 2.10. The van der Waals surface area contributed by atoms with Gasteiger partial charge in [0.1, 0.15) is 0 Å². The van der Waals surface area contributed by atoms with Gasteiger partial charge in [0.15, 0.2) is 6.61 Å². The zero-order valence-electron chi connectivity index (χ0n) is 13.8. The first-order chi connectivity index (χ1) is 11.8. The third-order valence-electron chi connectivity index (χ3n) is 3.24. The Hall–Kier alpha value is -3.01. The van der Waals surface area contributed by atoms with E-state index in [1.807, 2.05) is 73.7 Å². The molecule has 2 nitrogen and oxygen atoms in total. The summed E-state index contributed by atoms with van der Waals surface area (Å²) in [4.78, 5) is 12.2. The normalized spacial score (nSPS) is 9.21. The largest absolute Gasteiger partial charge is 0.449 e. The van der Waals surface area contributed by atoms with Crippen LogP contribution in [0, 0.1) is 11.8 Å². The van der Waals surface area contributed by atoms with Crippen LogP contribution in [-0.2, 0) is 9.53 Å². The van der Waals surface area contributed by atoms with Crippen molar-refractivity contribution in [2.75, 3.05) is 6.61 Å². The van der Waals surface area contributed by atoms with Crippen molar-refractivity contribution in [3.8, 4) is 11.8 Å². The standard InChI is InChI=1S/C22H20O2/c1-2-10-21(17-16-20-13-7-4-8-14-20)22(23)24-18-9-15-19-11-5-3-6-12-19/h3-8,11-14,16H,2,10,18H2,1H3. The summed E-state index contributed by atoms with van der Waals surface area (Å²) in [7, 11) is 0. The maximum absolute atomic E-state index is 12.2. The maximum Gasteiger partial charge on any atom is 0.342 e. The van der Waals surface area contributed by atoms with Crippen LogP contribution in [0.25, 0.3) is 6.08 Å². The molecule has 24 heavy (non-hydrogen) atoms. The van der Waals surface area contributed by atoms with Crippen molar-refractivity contribution in [3.63, 3.8) is 0 Å². The molecule has 2 rings (SSSR count). The van der Waals surface area contributed by atoms with E-state index in [2.05, 4.69) is 17.6 Å². The lowest BCUT2D eigenvalue weighted by Gasteiger charge is -2.02. The fraction of sp³-hybridized carbons (Fsp3) is 0.182. The molecule has 0 aliphatic heterocycles. The highest BCUT2D eigenvalue weighted by Crippen LogP contribution is 2.08. The smallest absolute Gasteiger partial charge is 0.342 e. The highest BCUT2D eigenvalue weighted by molar-refractivity contribution is 5.89. The molecule has 0 saturated carbocycles. The molecule has 0 bridgehead atoms. The summed E-state index contributed by atoms with van der Waals surface area (Å²) in [6.07, 6.45) is 3.30. The second kappa shape index (κ2) is 9.90. The van der Waals surface area contributed by atoms with Gasteiger partial charge in [-0.1, -0.05) is 73.7 Å². The Bertz CT molecular complexity index is 771. The van der Waals surface area contributed by atoms with Crippen LogP contribution in [0.2, 0.25) is 0 Å². The first kappa shape index (κ1) is 17.3. The minimum Gasteiger partial charge on any atom is -0.449 e. The third-order valence-corrected chi connectivity index (χ3v) is 3.24. The Labute approximate surface area is 143 Å². The predicted molar refractivity (Wildman–Crippen MR) is 97.1 cm³/mol. The Balaban J connectivity index is 1.99. The van der Waals surface area contributed by atoms with E-state index in [9.17, 15) is 4.79 Å². The highest BCUT2D eigenvalue weighted by Gasteiger charge is 2.08. The molecule has 0 N–H and O–H groups in total. The number of rotatable bonds is 5. The first-order valence-corrected chi connectivity index (χ1v) is 8.01. The fourth-order valence-electron chi connectivity index (χ4n) is 2.05. The maximum atomic E-state index is 12.2. The monoisotopic (exact) mass is 316 g/mol. The van der Waals surface area contributed by atoms with Crippen LogP contribution in [-0.4, -0.2) is 12.6 Å². The van der Waals surface area contributed by atoms with E-state index in [1.54, 1.807) is 0 Å². The lowest BCUT2D eigenvalue weighted by molar-refractivity contribution is -0.137. The summed E-state index contributed by atoms with van der Waals surface area (Å²) < 4.78 is 5.23. The van der Waals surface area contributed by atoms with E-state index >= 15 is 0 Å². The fourth-order valence-corrected chi connectivity index (χ4v) is 2.05. The molecule has 0 unspecified atom stereocenters. The molecule has 0 radical (unpaired) electrons. The molecule has 2 aromatic carbocycles. The van der Waals surface area contributed by atoms with Crippen LogP contribution in [0.5, 0.6) is 0 Å². The molecule has 2 aromatic rings. The van der Waals surface area contributed by atoms with Gasteiger partial charge in [0.2, 0.25) is 0 Å². The topological polar surface area (TPSA) is 26.3 Å². The Morgan fingerprint density at radius 3 is 2.38 bits per heavy atom. The van der Waals surface area contributed by atoms with E-state index in [0.29, 0.717) is 12.0 Å². The van der Waals surface area contributed by atoms with Gasteiger partial charge >= 0.3 is 5.97 Å². The van der Waals surface area contributed by atoms with Crippen LogP contribution in [0.3, 0.4) is 0 Å². The number of ether oxygens (including phenoxy) is 1. The molecule has 0 spiro atoms. The number of hydrogen-bond donors (Lipinski definition) is 0. The summed E-state index contributed by atoms with van der Waals surface area (Å²) >= 11 is 0. The van der Waals surface area contributed by atoms with E-state index < -0.39 is 0 Å². The summed E-state index contributed by atoms with van der Waals surface area (Å²) in [5.41, 5.74) is 5.52. The van der Waals surface area contributed by atoms with Crippen LogP contribution in [0.15, 0.2) is 72.0 Å². The minimum atomic E-state index is -0.355. The van der Waals surface area contributed by atoms with Crippen LogP contribution in [0.1, 0.15) is 30.9 Å². The molecule has 0 aliphatic rings. The van der Waals surface area contributed by atoms with E-state index in [0.717, 1.165) is 17.5 Å². The average molecular weight is 316 g/mol. The molecule has 0 saturated heterocycles. The van der Waals surface area contributed by atoms with Gasteiger partial charge < -0.3 is 4.74 Å². The lowest BCUT2D eigenvalue weighted by atomic mass is 10.1. The number of hydrogen-bond acceptors (Lipinski definition) is 2. The zero-order chi connectivity index (χ0) is 17.0. The van der Waals surface area contributed by atoms with Gasteiger partial charge in [-0.3, -0.25) is 0 Å². The Morgan fingerprint density at radius 2 is 1.71 bits per heavy atom. The molecule has 0 aromatic heterocycles. The van der Waals surface area contributed by atoms with Crippen molar-refractivity contribution >= 4 is 12.0 Å². The van der Waals surface area contributed by atoms with Crippen molar-refractivity contribution in [1.82, 2.24) is 0 Å². The number of carbonyl (C=O) groups is 1. The van der Waals surface area contributed by atoms with Crippen molar-refractivity contribution in [2.45, 2.75) is 19.8 Å². The van der Waals surface area contributed by atoms with Crippen LogP contribution in [0.4, 0.5) is 0 Å². The van der Waals surface area contributed by atoms with Gasteiger partial charge in [0.25, 0.3) is 0 Å². The quantitative estimate of drug-likeness (QED) is 0.348. The molecule has 2 heteroatoms. The van der Waals surface area contributed by atoms with Crippen molar-refractivity contribution in [1.29, 1.82) is 0 Å². The van der Waals surface area contributed by atoms with Gasteiger partial charge in [-0.25, -0.2) is 4.79 Å². The molecule has 0 heterocycles. The second-order valence-corrected chi connectivity index (χ2v) is 5.17. The van der Waals surface area contributed by atoms with Crippen molar-refractivity contribution in [2.24, 2.45) is 0 Å². The van der Waals surface area contributed by atoms with Gasteiger partial charge in [0, 0.05) is 5.56 Å². The predicted octanol–water partition coefficient (Wildman–Crippen LogP) is 4.62. The SMILES string of the molecule is CCCC(=C=Cc1ccccc1)C(=O)OCC#Cc1ccccc1. The highest BCUT2D eigenvalue weighted by atomic mass is 16.5.